The first kappa shape index (κ1) is 20.3. The second-order valence-corrected chi connectivity index (χ2v) is 8.28. The third-order valence-corrected chi connectivity index (χ3v) is 6.19. The zero-order valence-electron chi connectivity index (χ0n) is 16.4. The highest BCUT2D eigenvalue weighted by atomic mass is 79.9. The first-order valence-electron chi connectivity index (χ1n) is 9.65. The molecule has 0 bridgehead atoms. The molecule has 29 heavy (non-hydrogen) atoms. The molecule has 1 amide bonds. The molecule has 2 fully saturated rings. The van der Waals surface area contributed by atoms with Crippen molar-refractivity contribution < 1.29 is 23.8 Å². The lowest BCUT2D eigenvalue weighted by Gasteiger charge is -2.39. The SMILES string of the molecule is COC(=O)c1[nH]c2ccc(Br)cc2c1NC(=O)[C@H](C)N1CCC2(CC1)OCCO2. The largest absolute Gasteiger partial charge is 0.464 e. The van der Waals surface area contributed by atoms with Gasteiger partial charge in [-0.25, -0.2) is 4.79 Å². The number of rotatable bonds is 4. The van der Waals surface area contributed by atoms with Crippen molar-refractivity contribution in [3.05, 3.63) is 28.4 Å². The number of carbonyl (C=O) groups excluding carboxylic acids is 2. The molecular weight excluding hydrogens is 442 g/mol. The molecule has 0 saturated carbocycles. The molecule has 1 atom stereocenters. The maximum Gasteiger partial charge on any atom is 0.356 e. The number of benzene rings is 1. The fraction of sp³-hybridized carbons (Fsp3) is 0.500. The number of fused-ring (bicyclic) bond motifs is 1. The Morgan fingerprint density at radius 3 is 2.62 bits per heavy atom. The van der Waals surface area contributed by atoms with Crippen LogP contribution in [0, 0.1) is 0 Å². The van der Waals surface area contributed by atoms with Gasteiger partial charge >= 0.3 is 5.97 Å². The molecule has 9 heteroatoms. The molecule has 3 heterocycles. The summed E-state index contributed by atoms with van der Waals surface area (Å²) in [5.74, 6) is -1.19. The number of aromatic nitrogens is 1. The number of nitrogens with zero attached hydrogens (tertiary/aromatic N) is 1. The number of esters is 1. The van der Waals surface area contributed by atoms with Gasteiger partial charge in [0, 0.05) is 41.3 Å². The van der Waals surface area contributed by atoms with Gasteiger partial charge in [0.1, 0.15) is 5.69 Å². The Morgan fingerprint density at radius 2 is 1.97 bits per heavy atom. The number of amides is 1. The predicted octanol–water partition coefficient (Wildman–Crippen LogP) is 2.88. The van der Waals surface area contributed by atoms with Gasteiger partial charge in [-0.2, -0.15) is 0 Å². The van der Waals surface area contributed by atoms with Crippen LogP contribution in [0.1, 0.15) is 30.3 Å². The lowest BCUT2D eigenvalue weighted by molar-refractivity contribution is -0.187. The topological polar surface area (TPSA) is 92.9 Å². The van der Waals surface area contributed by atoms with Crippen molar-refractivity contribution in [1.29, 1.82) is 0 Å². The zero-order chi connectivity index (χ0) is 20.6. The number of ether oxygens (including phenoxy) is 3. The molecule has 1 spiro atoms. The quantitative estimate of drug-likeness (QED) is 0.674. The van der Waals surface area contributed by atoms with Crippen LogP contribution >= 0.6 is 15.9 Å². The summed E-state index contributed by atoms with van der Waals surface area (Å²) in [5.41, 5.74) is 1.40. The highest BCUT2D eigenvalue weighted by molar-refractivity contribution is 9.10. The fourth-order valence-corrected chi connectivity index (χ4v) is 4.34. The van der Waals surface area contributed by atoms with E-state index in [-0.39, 0.29) is 17.6 Å². The molecule has 2 aliphatic heterocycles. The maximum absolute atomic E-state index is 13.0. The Balaban J connectivity index is 1.52. The predicted molar refractivity (Wildman–Crippen MR) is 111 cm³/mol. The van der Waals surface area contributed by atoms with Crippen molar-refractivity contribution in [2.75, 3.05) is 38.7 Å². The van der Waals surface area contributed by atoms with Gasteiger partial charge in [-0.3, -0.25) is 9.69 Å². The van der Waals surface area contributed by atoms with Gasteiger partial charge in [-0.15, -0.1) is 0 Å². The summed E-state index contributed by atoms with van der Waals surface area (Å²) < 4.78 is 17.2. The van der Waals surface area contributed by atoms with Crippen molar-refractivity contribution in [2.24, 2.45) is 0 Å². The summed E-state index contributed by atoms with van der Waals surface area (Å²) in [6.07, 6.45) is 1.47. The van der Waals surface area contributed by atoms with E-state index in [4.69, 9.17) is 14.2 Å². The lowest BCUT2D eigenvalue weighted by Crippen LogP contribution is -2.51. The third kappa shape index (κ3) is 3.92. The van der Waals surface area contributed by atoms with Gasteiger partial charge in [-0.05, 0) is 25.1 Å². The van der Waals surface area contributed by atoms with E-state index in [1.54, 1.807) is 0 Å². The van der Waals surface area contributed by atoms with Gasteiger partial charge in [0.05, 0.1) is 32.1 Å². The van der Waals surface area contributed by atoms with E-state index >= 15 is 0 Å². The molecule has 2 N–H and O–H groups in total. The Bertz CT molecular complexity index is 928. The summed E-state index contributed by atoms with van der Waals surface area (Å²) in [6, 6.07) is 5.20. The van der Waals surface area contributed by atoms with Gasteiger partial charge in [0.2, 0.25) is 5.91 Å². The zero-order valence-corrected chi connectivity index (χ0v) is 18.0. The van der Waals surface area contributed by atoms with Crippen LogP contribution < -0.4 is 5.32 Å². The second-order valence-electron chi connectivity index (χ2n) is 7.37. The number of anilines is 1. The number of hydrogen-bond acceptors (Lipinski definition) is 6. The summed E-state index contributed by atoms with van der Waals surface area (Å²) in [7, 11) is 1.31. The minimum Gasteiger partial charge on any atom is -0.464 e. The van der Waals surface area contributed by atoms with E-state index in [1.165, 1.54) is 7.11 Å². The molecule has 1 aromatic heterocycles. The molecule has 2 aliphatic rings. The number of halogens is 1. The highest BCUT2D eigenvalue weighted by Crippen LogP contribution is 2.33. The van der Waals surface area contributed by atoms with E-state index in [2.05, 4.69) is 31.1 Å². The van der Waals surface area contributed by atoms with Crippen molar-refractivity contribution in [2.45, 2.75) is 31.6 Å². The highest BCUT2D eigenvalue weighted by Gasteiger charge is 2.41. The Morgan fingerprint density at radius 1 is 1.28 bits per heavy atom. The van der Waals surface area contributed by atoms with E-state index in [9.17, 15) is 9.59 Å². The number of hydrogen-bond donors (Lipinski definition) is 2. The molecular formula is C20H24BrN3O5. The van der Waals surface area contributed by atoms with Crippen molar-refractivity contribution >= 4 is 44.4 Å². The van der Waals surface area contributed by atoms with E-state index in [1.807, 2.05) is 25.1 Å². The van der Waals surface area contributed by atoms with Crippen LogP contribution in [0.15, 0.2) is 22.7 Å². The van der Waals surface area contributed by atoms with Gasteiger partial charge in [-0.1, -0.05) is 15.9 Å². The van der Waals surface area contributed by atoms with Crippen molar-refractivity contribution in [3.63, 3.8) is 0 Å². The Labute approximate surface area is 177 Å². The number of nitrogens with one attached hydrogen (secondary N) is 2. The molecule has 0 unspecified atom stereocenters. The van der Waals surface area contributed by atoms with E-state index in [0.717, 1.165) is 28.2 Å². The molecule has 1 aromatic carbocycles. The van der Waals surface area contributed by atoms with Crippen LogP contribution in [0.5, 0.6) is 0 Å². The minimum atomic E-state index is -0.532. The van der Waals surface area contributed by atoms with Crippen LogP contribution in [0.4, 0.5) is 5.69 Å². The molecule has 8 nitrogen and oxygen atoms in total. The van der Waals surface area contributed by atoms with Crippen LogP contribution in [0.25, 0.3) is 10.9 Å². The second kappa shape index (κ2) is 8.06. The number of piperidine rings is 1. The average molecular weight is 466 g/mol. The number of H-pyrrole nitrogens is 1. The molecule has 4 rings (SSSR count). The smallest absolute Gasteiger partial charge is 0.356 e. The first-order valence-corrected chi connectivity index (χ1v) is 10.4. The summed E-state index contributed by atoms with van der Waals surface area (Å²) in [5, 5.41) is 3.68. The monoisotopic (exact) mass is 465 g/mol. The van der Waals surface area contributed by atoms with Crippen molar-refractivity contribution in [1.82, 2.24) is 9.88 Å². The molecule has 2 saturated heterocycles. The standard InChI is InChI=1S/C20H24BrN3O5/c1-12(24-7-5-20(6-8-24)28-9-10-29-20)18(25)23-16-14-11-13(21)3-4-15(14)22-17(16)19(26)27-2/h3-4,11-12,22H,5-10H2,1-2H3,(H,23,25)/t12-/m0/s1. The molecule has 0 radical (unpaired) electrons. The first-order chi connectivity index (χ1) is 13.9. The molecule has 156 valence electrons. The summed E-state index contributed by atoms with van der Waals surface area (Å²) in [6.45, 7) is 4.53. The van der Waals surface area contributed by atoms with E-state index in [0.29, 0.717) is 32.0 Å². The summed E-state index contributed by atoms with van der Waals surface area (Å²) >= 11 is 3.44. The van der Waals surface area contributed by atoms with Gasteiger partial charge in [0.25, 0.3) is 0 Å². The van der Waals surface area contributed by atoms with Crippen molar-refractivity contribution in [3.8, 4) is 0 Å². The lowest BCUT2D eigenvalue weighted by atomic mass is 10.0. The normalized spacial score (nSPS) is 20.1. The Hall–Kier alpha value is -1.94. The minimum absolute atomic E-state index is 0.180. The number of aromatic amines is 1. The van der Waals surface area contributed by atoms with E-state index < -0.39 is 11.8 Å². The Kier molecular flexibility index (Phi) is 5.65. The molecule has 2 aromatic rings. The average Bonchev–Trinajstić information content (AvgIpc) is 3.32. The number of likely N-dealkylation sites (tertiary alicyclic amines) is 1. The number of carbonyl (C=O) groups is 2. The van der Waals surface area contributed by atoms with Gasteiger partial charge < -0.3 is 24.5 Å². The fourth-order valence-electron chi connectivity index (χ4n) is 3.98. The van der Waals surface area contributed by atoms with Crippen LogP contribution in [0.3, 0.4) is 0 Å². The van der Waals surface area contributed by atoms with Crippen LogP contribution in [-0.2, 0) is 19.0 Å². The van der Waals surface area contributed by atoms with Crippen LogP contribution in [-0.4, -0.2) is 67.0 Å². The third-order valence-electron chi connectivity index (χ3n) is 5.70. The molecule has 0 aliphatic carbocycles. The summed E-state index contributed by atoms with van der Waals surface area (Å²) in [4.78, 5) is 30.4. The number of methoxy groups -OCH3 is 1. The van der Waals surface area contributed by atoms with Gasteiger partial charge in [0.15, 0.2) is 5.79 Å². The maximum atomic E-state index is 13.0. The van der Waals surface area contributed by atoms with Crippen LogP contribution in [0.2, 0.25) is 0 Å².